The average molecular weight is 309 g/mol. The van der Waals surface area contributed by atoms with Crippen LogP contribution >= 0.6 is 0 Å². The van der Waals surface area contributed by atoms with Gasteiger partial charge in [0.2, 0.25) is 0 Å². The van der Waals surface area contributed by atoms with Crippen LogP contribution in [0.25, 0.3) is 0 Å². The molecule has 2 bridgehead atoms. The Balaban J connectivity index is 1.73. The van der Waals surface area contributed by atoms with Gasteiger partial charge in [0.05, 0.1) is 0 Å². The number of rotatable bonds is 0. The molecule has 0 spiro atoms. The first-order chi connectivity index (χ1) is 10.6. The molecular weight excluding hydrogens is 272 g/mol. The highest BCUT2D eigenvalue weighted by molar-refractivity contribution is 4.95. The molecular formula is C18H36N4. The van der Waals surface area contributed by atoms with Gasteiger partial charge in [-0.1, -0.05) is 13.3 Å². The molecule has 1 saturated carbocycles. The number of piperidine rings is 1. The second kappa shape index (κ2) is 7.61. The molecule has 3 rings (SSSR count). The van der Waals surface area contributed by atoms with Crippen LogP contribution in [0.2, 0.25) is 0 Å². The number of fused-ring (bicyclic) bond motifs is 4. The van der Waals surface area contributed by atoms with Crippen LogP contribution in [0.3, 0.4) is 0 Å². The molecule has 0 radical (unpaired) electrons. The van der Waals surface area contributed by atoms with Gasteiger partial charge in [-0.05, 0) is 75.8 Å². The van der Waals surface area contributed by atoms with Crippen LogP contribution < -0.4 is 22.1 Å². The van der Waals surface area contributed by atoms with E-state index in [-0.39, 0.29) is 0 Å². The Hall–Kier alpha value is -0.160. The molecule has 0 aromatic heterocycles. The molecule has 5 unspecified atom stereocenters. The van der Waals surface area contributed by atoms with Crippen molar-refractivity contribution in [1.82, 2.24) is 10.6 Å². The van der Waals surface area contributed by atoms with Crippen molar-refractivity contribution < 1.29 is 0 Å². The first-order valence-corrected chi connectivity index (χ1v) is 9.61. The highest BCUT2D eigenvalue weighted by Gasteiger charge is 2.37. The highest BCUT2D eigenvalue weighted by atomic mass is 15.0. The lowest BCUT2D eigenvalue weighted by Crippen LogP contribution is -2.55. The van der Waals surface area contributed by atoms with Crippen LogP contribution in [-0.4, -0.2) is 37.3 Å². The lowest BCUT2D eigenvalue weighted by atomic mass is 9.69. The minimum absolute atomic E-state index is 0.340. The summed E-state index contributed by atoms with van der Waals surface area (Å²) in [6.07, 6.45) is 10.00. The zero-order valence-corrected chi connectivity index (χ0v) is 14.3. The molecule has 3 aliphatic rings. The molecule has 7 atom stereocenters. The van der Waals surface area contributed by atoms with Gasteiger partial charge in [0.15, 0.2) is 0 Å². The van der Waals surface area contributed by atoms with Gasteiger partial charge in [-0.15, -0.1) is 0 Å². The van der Waals surface area contributed by atoms with Crippen LogP contribution in [0, 0.1) is 17.8 Å². The molecule has 0 amide bonds. The van der Waals surface area contributed by atoms with Crippen molar-refractivity contribution in [1.29, 1.82) is 0 Å². The summed E-state index contributed by atoms with van der Waals surface area (Å²) < 4.78 is 0. The minimum atomic E-state index is 0.340. The van der Waals surface area contributed by atoms with E-state index in [1.54, 1.807) is 0 Å². The molecule has 0 aromatic rings. The fourth-order valence-corrected chi connectivity index (χ4v) is 5.08. The number of nitrogens with one attached hydrogen (secondary N) is 2. The van der Waals surface area contributed by atoms with Crippen LogP contribution in [0.5, 0.6) is 0 Å². The van der Waals surface area contributed by atoms with Gasteiger partial charge in [0.1, 0.15) is 0 Å². The molecule has 4 nitrogen and oxygen atoms in total. The van der Waals surface area contributed by atoms with Crippen molar-refractivity contribution >= 4 is 0 Å². The molecule has 1 aliphatic carbocycles. The summed E-state index contributed by atoms with van der Waals surface area (Å²) in [6.45, 7) is 4.67. The smallest absolute Gasteiger partial charge is 0.0221 e. The van der Waals surface area contributed by atoms with Crippen LogP contribution in [0.1, 0.15) is 58.3 Å². The fraction of sp³-hybridized carbons (Fsp3) is 1.00. The Morgan fingerprint density at radius 3 is 2.59 bits per heavy atom. The van der Waals surface area contributed by atoms with Gasteiger partial charge in [-0.25, -0.2) is 0 Å². The molecule has 3 fully saturated rings. The lowest BCUT2D eigenvalue weighted by molar-refractivity contribution is 0.118. The Morgan fingerprint density at radius 2 is 1.73 bits per heavy atom. The number of hydrogen-bond acceptors (Lipinski definition) is 4. The third kappa shape index (κ3) is 4.02. The third-order valence-corrected chi connectivity index (χ3v) is 6.51. The summed E-state index contributed by atoms with van der Waals surface area (Å²) in [7, 11) is 0. The first-order valence-electron chi connectivity index (χ1n) is 9.61. The van der Waals surface area contributed by atoms with E-state index in [9.17, 15) is 0 Å². The normalized spacial score (nSPS) is 47.9. The number of nitrogens with two attached hydrogens (primary N) is 2. The molecule has 128 valence electrons. The van der Waals surface area contributed by atoms with Crippen molar-refractivity contribution in [2.24, 2.45) is 29.2 Å². The van der Waals surface area contributed by atoms with E-state index in [1.165, 1.54) is 44.9 Å². The SMILES string of the molecule is C[C@@H]1CCC[C@H](N)C2CC(CCN2)C2CCC(N)CC2NC1. The van der Waals surface area contributed by atoms with Crippen molar-refractivity contribution in [2.45, 2.75) is 82.5 Å². The van der Waals surface area contributed by atoms with Gasteiger partial charge >= 0.3 is 0 Å². The molecule has 2 aliphatic heterocycles. The van der Waals surface area contributed by atoms with Crippen molar-refractivity contribution in [3.8, 4) is 0 Å². The summed E-state index contributed by atoms with van der Waals surface area (Å²) in [6, 6.07) is 1.90. The van der Waals surface area contributed by atoms with E-state index in [0.29, 0.717) is 24.2 Å². The Morgan fingerprint density at radius 1 is 0.864 bits per heavy atom. The maximum Gasteiger partial charge on any atom is 0.0221 e. The third-order valence-electron chi connectivity index (χ3n) is 6.51. The summed E-state index contributed by atoms with van der Waals surface area (Å²) >= 11 is 0. The van der Waals surface area contributed by atoms with Gasteiger partial charge < -0.3 is 22.1 Å². The monoisotopic (exact) mass is 308 g/mol. The Kier molecular flexibility index (Phi) is 5.77. The predicted molar refractivity (Wildman–Crippen MR) is 92.6 cm³/mol. The van der Waals surface area contributed by atoms with Crippen LogP contribution in [0.4, 0.5) is 0 Å². The maximum absolute atomic E-state index is 6.50. The fourth-order valence-electron chi connectivity index (χ4n) is 5.08. The number of hydrogen-bond donors (Lipinski definition) is 4. The first kappa shape index (κ1) is 16.7. The van der Waals surface area contributed by atoms with Crippen molar-refractivity contribution in [3.05, 3.63) is 0 Å². The summed E-state index contributed by atoms with van der Waals surface area (Å²) in [5, 5.41) is 7.60. The van der Waals surface area contributed by atoms with Gasteiger partial charge in [0.25, 0.3) is 0 Å². The average Bonchev–Trinajstić information content (AvgIpc) is 2.52. The van der Waals surface area contributed by atoms with Crippen LogP contribution in [-0.2, 0) is 0 Å². The standard InChI is InChI=1S/C18H36N4/c1-12-3-2-4-16(20)18-9-13(7-8-21-18)15-6-5-14(19)10-17(15)22-11-12/h12-18,21-22H,2-11,19-20H2,1H3/t12-,13?,14?,15?,16+,17?,18?/m1/s1. The minimum Gasteiger partial charge on any atom is -0.328 e. The lowest BCUT2D eigenvalue weighted by Gasteiger charge is -2.44. The molecule has 2 saturated heterocycles. The predicted octanol–water partition coefficient (Wildman–Crippen LogP) is 1.59. The van der Waals surface area contributed by atoms with E-state index in [0.717, 1.165) is 37.3 Å². The maximum atomic E-state index is 6.50. The highest BCUT2D eigenvalue weighted by Crippen LogP contribution is 2.36. The molecule has 2 heterocycles. The Bertz CT molecular complexity index is 346. The molecule has 0 aromatic carbocycles. The van der Waals surface area contributed by atoms with E-state index in [1.807, 2.05) is 0 Å². The van der Waals surface area contributed by atoms with E-state index in [4.69, 9.17) is 11.5 Å². The second-order valence-corrected chi connectivity index (χ2v) is 8.30. The zero-order valence-electron chi connectivity index (χ0n) is 14.3. The topological polar surface area (TPSA) is 76.1 Å². The van der Waals surface area contributed by atoms with E-state index >= 15 is 0 Å². The van der Waals surface area contributed by atoms with Gasteiger partial charge in [-0.3, -0.25) is 0 Å². The molecule has 6 N–H and O–H groups in total. The quantitative estimate of drug-likeness (QED) is 0.548. The summed E-state index contributed by atoms with van der Waals surface area (Å²) in [5.74, 6) is 2.39. The van der Waals surface area contributed by atoms with E-state index < -0.39 is 0 Å². The molecule has 4 heteroatoms. The Labute approximate surface area is 136 Å². The van der Waals surface area contributed by atoms with Crippen LogP contribution in [0.15, 0.2) is 0 Å². The zero-order chi connectivity index (χ0) is 15.5. The van der Waals surface area contributed by atoms with Crippen molar-refractivity contribution in [3.63, 3.8) is 0 Å². The molecule has 22 heavy (non-hydrogen) atoms. The van der Waals surface area contributed by atoms with Gasteiger partial charge in [0, 0.05) is 24.2 Å². The second-order valence-electron chi connectivity index (χ2n) is 8.30. The van der Waals surface area contributed by atoms with Gasteiger partial charge in [-0.2, -0.15) is 0 Å². The summed E-state index contributed by atoms with van der Waals surface area (Å²) in [4.78, 5) is 0. The largest absolute Gasteiger partial charge is 0.328 e. The van der Waals surface area contributed by atoms with Crippen molar-refractivity contribution in [2.75, 3.05) is 13.1 Å². The van der Waals surface area contributed by atoms with E-state index in [2.05, 4.69) is 17.6 Å². The summed E-state index contributed by atoms with van der Waals surface area (Å²) in [5.41, 5.74) is 12.8.